The Bertz CT molecular complexity index is 1020. The lowest BCUT2D eigenvalue weighted by Gasteiger charge is -2.19. The van der Waals surface area contributed by atoms with Crippen molar-refractivity contribution in [1.82, 2.24) is 9.62 Å². The number of nitrogens with zero attached hydrogens (tertiary/aromatic N) is 1. The zero-order valence-corrected chi connectivity index (χ0v) is 19.1. The molecule has 0 spiro atoms. The fourth-order valence-electron chi connectivity index (χ4n) is 2.74. The van der Waals surface area contributed by atoms with E-state index in [4.69, 9.17) is 21.1 Å². The van der Waals surface area contributed by atoms with Gasteiger partial charge >= 0.3 is 5.97 Å². The number of ether oxygens (including phenoxy) is 2. The second-order valence-corrected chi connectivity index (χ2v) is 8.78. The fraction of sp³-hybridized carbons (Fsp3) is 0.333. The number of rotatable bonds is 10. The van der Waals surface area contributed by atoms with Gasteiger partial charge in [0, 0.05) is 19.6 Å². The number of amides is 1. The van der Waals surface area contributed by atoms with Crippen molar-refractivity contribution in [3.8, 4) is 5.75 Å². The topological polar surface area (TPSA) is 102 Å². The Morgan fingerprint density at radius 1 is 1.06 bits per heavy atom. The van der Waals surface area contributed by atoms with Gasteiger partial charge in [-0.3, -0.25) is 4.79 Å². The predicted molar refractivity (Wildman–Crippen MR) is 117 cm³/mol. The van der Waals surface area contributed by atoms with Crippen molar-refractivity contribution in [2.45, 2.75) is 25.3 Å². The van der Waals surface area contributed by atoms with Crippen LogP contribution in [0.5, 0.6) is 5.75 Å². The first kappa shape index (κ1) is 24.6. The zero-order chi connectivity index (χ0) is 23.0. The van der Waals surface area contributed by atoms with E-state index in [9.17, 15) is 18.0 Å². The van der Waals surface area contributed by atoms with E-state index in [1.807, 2.05) is 0 Å². The third kappa shape index (κ3) is 6.43. The van der Waals surface area contributed by atoms with Gasteiger partial charge in [0.05, 0.1) is 22.6 Å². The average Bonchev–Trinajstić information content (AvgIpc) is 2.77. The fourth-order valence-corrected chi connectivity index (χ4v) is 4.42. The molecule has 2 aromatic carbocycles. The van der Waals surface area contributed by atoms with Crippen LogP contribution in [-0.2, 0) is 26.1 Å². The first-order valence-corrected chi connectivity index (χ1v) is 11.4. The molecule has 0 aromatic heterocycles. The SMILES string of the molecule is CCN(CC)S(=O)(=O)c1ccc(Cl)c(C(=O)OCC(=O)NCc2ccc(OC)cc2)c1. The molecule has 0 aliphatic rings. The molecule has 1 N–H and O–H groups in total. The highest BCUT2D eigenvalue weighted by molar-refractivity contribution is 7.89. The molecule has 168 valence electrons. The third-order valence-electron chi connectivity index (χ3n) is 4.48. The number of benzene rings is 2. The van der Waals surface area contributed by atoms with E-state index >= 15 is 0 Å². The van der Waals surface area contributed by atoms with Crippen LogP contribution in [0.25, 0.3) is 0 Å². The van der Waals surface area contributed by atoms with E-state index in [-0.39, 0.29) is 35.1 Å². The summed E-state index contributed by atoms with van der Waals surface area (Å²) in [6.07, 6.45) is 0. The van der Waals surface area contributed by atoms with Gasteiger partial charge in [0.2, 0.25) is 10.0 Å². The summed E-state index contributed by atoms with van der Waals surface area (Å²) >= 11 is 6.05. The van der Waals surface area contributed by atoms with Gasteiger partial charge < -0.3 is 14.8 Å². The maximum absolute atomic E-state index is 12.7. The van der Waals surface area contributed by atoms with Gasteiger partial charge in [0.15, 0.2) is 6.61 Å². The zero-order valence-electron chi connectivity index (χ0n) is 17.6. The molecule has 31 heavy (non-hydrogen) atoms. The van der Waals surface area contributed by atoms with Gasteiger partial charge in [0.25, 0.3) is 5.91 Å². The molecule has 0 heterocycles. The Balaban J connectivity index is 2.00. The summed E-state index contributed by atoms with van der Waals surface area (Å²) in [5.74, 6) is -0.695. The monoisotopic (exact) mass is 468 g/mol. The molecule has 0 bridgehead atoms. The van der Waals surface area contributed by atoms with Crippen LogP contribution in [0.15, 0.2) is 47.4 Å². The van der Waals surface area contributed by atoms with Crippen molar-refractivity contribution < 1.29 is 27.5 Å². The molecule has 0 atom stereocenters. The Hall–Kier alpha value is -2.62. The number of carbonyl (C=O) groups excluding carboxylic acids is 2. The van der Waals surface area contributed by atoms with Crippen LogP contribution in [0.3, 0.4) is 0 Å². The molecule has 0 saturated heterocycles. The predicted octanol–water partition coefficient (Wildman–Crippen LogP) is 2.85. The molecular weight excluding hydrogens is 444 g/mol. The number of carbonyl (C=O) groups is 2. The summed E-state index contributed by atoms with van der Waals surface area (Å²) in [6, 6.07) is 10.9. The Morgan fingerprint density at radius 3 is 2.29 bits per heavy atom. The van der Waals surface area contributed by atoms with E-state index in [1.165, 1.54) is 16.4 Å². The summed E-state index contributed by atoms with van der Waals surface area (Å²) in [4.78, 5) is 24.3. The number of nitrogens with one attached hydrogen (secondary N) is 1. The van der Waals surface area contributed by atoms with Crippen LogP contribution < -0.4 is 10.1 Å². The molecule has 2 rings (SSSR count). The van der Waals surface area contributed by atoms with Crippen LogP contribution in [0, 0.1) is 0 Å². The lowest BCUT2D eigenvalue weighted by molar-refractivity contribution is -0.124. The van der Waals surface area contributed by atoms with Crippen LogP contribution >= 0.6 is 11.6 Å². The smallest absolute Gasteiger partial charge is 0.340 e. The quantitative estimate of drug-likeness (QED) is 0.538. The number of hydrogen-bond acceptors (Lipinski definition) is 6. The molecule has 0 unspecified atom stereocenters. The van der Waals surface area contributed by atoms with Crippen molar-refractivity contribution in [2.24, 2.45) is 0 Å². The highest BCUT2D eigenvalue weighted by Gasteiger charge is 2.24. The summed E-state index contributed by atoms with van der Waals surface area (Å²) in [5, 5.41) is 2.66. The molecule has 10 heteroatoms. The third-order valence-corrected chi connectivity index (χ3v) is 6.86. The number of esters is 1. The molecule has 0 aliphatic heterocycles. The van der Waals surface area contributed by atoms with Crippen molar-refractivity contribution >= 4 is 33.5 Å². The first-order chi connectivity index (χ1) is 14.7. The van der Waals surface area contributed by atoms with Gasteiger partial charge in [-0.25, -0.2) is 13.2 Å². The standard InChI is InChI=1S/C21H25ClN2O6S/c1-4-24(5-2)31(27,28)17-10-11-19(22)18(12-17)21(26)30-14-20(25)23-13-15-6-8-16(29-3)9-7-15/h6-12H,4-5,13-14H2,1-3H3,(H,23,25). The van der Waals surface area contributed by atoms with Crippen molar-refractivity contribution in [1.29, 1.82) is 0 Å². The Kier molecular flexibility index (Phi) is 8.85. The van der Waals surface area contributed by atoms with E-state index in [1.54, 1.807) is 45.2 Å². The summed E-state index contributed by atoms with van der Waals surface area (Å²) in [7, 11) is -2.21. The summed E-state index contributed by atoms with van der Waals surface area (Å²) in [5.41, 5.74) is 0.718. The molecular formula is C21H25ClN2O6S. The van der Waals surface area contributed by atoms with E-state index in [0.29, 0.717) is 5.75 Å². The summed E-state index contributed by atoms with van der Waals surface area (Å²) in [6.45, 7) is 3.73. The van der Waals surface area contributed by atoms with Gasteiger partial charge in [0.1, 0.15) is 5.75 Å². The number of methoxy groups -OCH3 is 1. The largest absolute Gasteiger partial charge is 0.497 e. The van der Waals surface area contributed by atoms with Crippen LogP contribution in [-0.4, -0.2) is 51.4 Å². The maximum Gasteiger partial charge on any atom is 0.340 e. The molecule has 0 fully saturated rings. The second kappa shape index (κ2) is 11.1. The first-order valence-electron chi connectivity index (χ1n) is 9.59. The van der Waals surface area contributed by atoms with Crippen LogP contribution in [0.2, 0.25) is 5.02 Å². The second-order valence-electron chi connectivity index (χ2n) is 6.43. The Morgan fingerprint density at radius 2 is 1.71 bits per heavy atom. The average molecular weight is 469 g/mol. The highest BCUT2D eigenvalue weighted by atomic mass is 35.5. The van der Waals surface area contributed by atoms with Crippen molar-refractivity contribution in [3.63, 3.8) is 0 Å². The molecule has 0 saturated carbocycles. The minimum absolute atomic E-state index is 0.0298. The normalized spacial score (nSPS) is 11.3. The van der Waals surface area contributed by atoms with E-state index in [2.05, 4.69) is 5.32 Å². The minimum atomic E-state index is -3.77. The van der Waals surface area contributed by atoms with E-state index in [0.717, 1.165) is 11.6 Å². The lowest BCUT2D eigenvalue weighted by atomic mass is 10.2. The molecule has 8 nitrogen and oxygen atoms in total. The van der Waals surface area contributed by atoms with Crippen LogP contribution in [0.1, 0.15) is 29.8 Å². The van der Waals surface area contributed by atoms with Gasteiger partial charge in [-0.15, -0.1) is 0 Å². The lowest BCUT2D eigenvalue weighted by Crippen LogP contribution is -2.31. The molecule has 2 aromatic rings. The number of sulfonamides is 1. The van der Waals surface area contributed by atoms with Crippen LogP contribution in [0.4, 0.5) is 0 Å². The van der Waals surface area contributed by atoms with Gasteiger partial charge in [-0.2, -0.15) is 4.31 Å². The highest BCUT2D eigenvalue weighted by Crippen LogP contribution is 2.23. The molecule has 1 amide bonds. The number of hydrogen-bond donors (Lipinski definition) is 1. The van der Waals surface area contributed by atoms with Gasteiger partial charge in [-0.05, 0) is 35.9 Å². The van der Waals surface area contributed by atoms with Gasteiger partial charge in [-0.1, -0.05) is 37.6 Å². The maximum atomic E-state index is 12.7. The summed E-state index contributed by atoms with van der Waals surface area (Å²) < 4.78 is 36.7. The molecule has 0 radical (unpaired) electrons. The van der Waals surface area contributed by atoms with Crippen molar-refractivity contribution in [3.05, 3.63) is 58.6 Å². The Labute approximate surface area is 187 Å². The van der Waals surface area contributed by atoms with E-state index < -0.39 is 28.5 Å². The minimum Gasteiger partial charge on any atom is -0.497 e. The van der Waals surface area contributed by atoms with Crippen molar-refractivity contribution in [2.75, 3.05) is 26.8 Å². The molecule has 0 aliphatic carbocycles. The number of halogens is 1.